The van der Waals surface area contributed by atoms with Gasteiger partial charge in [-0.15, -0.1) is 0 Å². The lowest BCUT2D eigenvalue weighted by Crippen LogP contribution is -2.40. The van der Waals surface area contributed by atoms with Gasteiger partial charge in [0, 0.05) is 24.8 Å². The topological polar surface area (TPSA) is 70.6 Å². The molecule has 3 N–H and O–H groups in total. The maximum atomic E-state index is 11.7. The maximum Gasteiger partial charge on any atom is 0.315 e. The molecule has 0 aromatic heterocycles. The molecule has 0 spiro atoms. The van der Waals surface area contributed by atoms with Crippen LogP contribution in [0.15, 0.2) is 24.3 Å². The van der Waals surface area contributed by atoms with E-state index in [-0.39, 0.29) is 18.7 Å². The lowest BCUT2D eigenvalue weighted by atomic mass is 10.2. The molecule has 0 fully saturated rings. The molecule has 5 nitrogen and oxygen atoms in total. The second kappa shape index (κ2) is 9.20. The Morgan fingerprint density at radius 1 is 1.40 bits per heavy atom. The molecule has 2 amide bonds. The Morgan fingerprint density at radius 2 is 2.15 bits per heavy atom. The van der Waals surface area contributed by atoms with E-state index in [4.69, 9.17) is 9.84 Å². The third-order valence-electron chi connectivity index (χ3n) is 2.88. The monoisotopic (exact) mass is 280 g/mol. The highest BCUT2D eigenvalue weighted by Gasteiger charge is 2.08. The van der Waals surface area contributed by atoms with Crippen LogP contribution in [0.4, 0.5) is 4.79 Å². The van der Waals surface area contributed by atoms with Gasteiger partial charge in [-0.1, -0.05) is 18.2 Å². The molecular weight excluding hydrogens is 256 g/mol. The molecule has 20 heavy (non-hydrogen) atoms. The first-order valence-corrected chi connectivity index (χ1v) is 7.03. The maximum absolute atomic E-state index is 11.7. The molecule has 0 radical (unpaired) electrons. The number of rotatable bonds is 8. The van der Waals surface area contributed by atoms with Crippen LogP contribution in [0.2, 0.25) is 0 Å². The minimum atomic E-state index is -0.207. The van der Waals surface area contributed by atoms with Crippen LogP contribution in [0.3, 0.4) is 0 Å². The highest BCUT2D eigenvalue weighted by atomic mass is 16.5. The predicted octanol–water partition coefficient (Wildman–Crippen LogP) is 2.05. The number of hydrogen-bond donors (Lipinski definition) is 3. The van der Waals surface area contributed by atoms with Crippen molar-refractivity contribution in [2.24, 2.45) is 0 Å². The van der Waals surface area contributed by atoms with E-state index in [0.717, 1.165) is 17.7 Å². The van der Waals surface area contributed by atoms with Crippen molar-refractivity contribution in [3.8, 4) is 5.75 Å². The highest BCUT2D eigenvalue weighted by molar-refractivity contribution is 5.74. The summed E-state index contributed by atoms with van der Waals surface area (Å²) in [5, 5.41) is 14.4. The summed E-state index contributed by atoms with van der Waals surface area (Å²) in [6, 6.07) is 7.49. The van der Waals surface area contributed by atoms with Gasteiger partial charge in [-0.05, 0) is 32.8 Å². The zero-order valence-electron chi connectivity index (χ0n) is 12.2. The van der Waals surface area contributed by atoms with Crippen LogP contribution >= 0.6 is 0 Å². The predicted molar refractivity (Wildman–Crippen MR) is 78.8 cm³/mol. The minimum absolute atomic E-state index is 0.0456. The van der Waals surface area contributed by atoms with Crippen molar-refractivity contribution in [3.05, 3.63) is 29.8 Å². The molecule has 0 saturated heterocycles. The van der Waals surface area contributed by atoms with Crippen molar-refractivity contribution in [3.63, 3.8) is 0 Å². The van der Waals surface area contributed by atoms with E-state index in [1.54, 1.807) is 0 Å². The molecule has 0 heterocycles. The largest absolute Gasteiger partial charge is 0.494 e. The summed E-state index contributed by atoms with van der Waals surface area (Å²) in [5.41, 5.74) is 0.951. The minimum Gasteiger partial charge on any atom is -0.494 e. The smallest absolute Gasteiger partial charge is 0.315 e. The van der Waals surface area contributed by atoms with Gasteiger partial charge in [0.2, 0.25) is 0 Å². The van der Waals surface area contributed by atoms with E-state index in [2.05, 4.69) is 10.6 Å². The number of amides is 2. The average molecular weight is 280 g/mol. The van der Waals surface area contributed by atoms with Crippen LogP contribution in [0.5, 0.6) is 5.75 Å². The second-order valence-electron chi connectivity index (χ2n) is 4.63. The molecule has 1 unspecified atom stereocenters. The molecule has 1 aromatic rings. The number of nitrogens with one attached hydrogen (secondary N) is 2. The molecule has 5 heteroatoms. The molecule has 1 aromatic carbocycles. The third kappa shape index (κ3) is 5.93. The van der Waals surface area contributed by atoms with Crippen LogP contribution in [0.25, 0.3) is 0 Å². The van der Waals surface area contributed by atoms with Crippen LogP contribution < -0.4 is 15.4 Å². The van der Waals surface area contributed by atoms with Crippen LogP contribution in [-0.2, 0) is 6.54 Å². The summed E-state index contributed by atoms with van der Waals surface area (Å²) in [4.78, 5) is 11.7. The van der Waals surface area contributed by atoms with Gasteiger partial charge in [0.25, 0.3) is 0 Å². The zero-order chi connectivity index (χ0) is 14.8. The number of urea groups is 1. The van der Waals surface area contributed by atoms with Crippen molar-refractivity contribution in [2.45, 2.75) is 39.3 Å². The van der Waals surface area contributed by atoms with Crippen LogP contribution in [0, 0.1) is 0 Å². The van der Waals surface area contributed by atoms with E-state index < -0.39 is 0 Å². The number of hydrogen-bond acceptors (Lipinski definition) is 3. The molecule has 1 rings (SSSR count). The van der Waals surface area contributed by atoms with E-state index in [1.165, 1.54) is 0 Å². The Kier molecular flexibility index (Phi) is 7.50. The van der Waals surface area contributed by atoms with Gasteiger partial charge in [0.15, 0.2) is 0 Å². The van der Waals surface area contributed by atoms with Crippen LogP contribution in [-0.4, -0.2) is 30.4 Å². The van der Waals surface area contributed by atoms with Crippen molar-refractivity contribution in [2.75, 3.05) is 13.2 Å². The first-order chi connectivity index (χ1) is 9.67. The zero-order valence-corrected chi connectivity index (χ0v) is 12.2. The Labute approximate surface area is 120 Å². The molecular formula is C15H24N2O3. The van der Waals surface area contributed by atoms with Gasteiger partial charge in [-0.25, -0.2) is 4.79 Å². The second-order valence-corrected chi connectivity index (χ2v) is 4.63. The van der Waals surface area contributed by atoms with E-state index in [0.29, 0.717) is 19.6 Å². The number of para-hydroxylation sites is 1. The number of ether oxygens (including phenoxy) is 1. The lowest BCUT2D eigenvalue weighted by molar-refractivity contribution is 0.233. The van der Waals surface area contributed by atoms with E-state index >= 15 is 0 Å². The van der Waals surface area contributed by atoms with Gasteiger partial charge >= 0.3 is 6.03 Å². The average Bonchev–Trinajstić information content (AvgIpc) is 2.44. The van der Waals surface area contributed by atoms with E-state index in [1.807, 2.05) is 38.1 Å². The molecule has 1 atom stereocenters. The quantitative estimate of drug-likeness (QED) is 0.682. The van der Waals surface area contributed by atoms with Crippen molar-refractivity contribution in [1.29, 1.82) is 0 Å². The Morgan fingerprint density at radius 3 is 2.85 bits per heavy atom. The van der Waals surface area contributed by atoms with Crippen molar-refractivity contribution in [1.82, 2.24) is 10.6 Å². The molecule has 0 bridgehead atoms. The Balaban J connectivity index is 2.40. The lowest BCUT2D eigenvalue weighted by Gasteiger charge is -2.15. The summed E-state index contributed by atoms with van der Waals surface area (Å²) < 4.78 is 5.50. The summed E-state index contributed by atoms with van der Waals surface area (Å²) in [6.45, 7) is 5.02. The summed E-state index contributed by atoms with van der Waals surface area (Å²) in [7, 11) is 0. The number of benzene rings is 1. The third-order valence-corrected chi connectivity index (χ3v) is 2.88. The normalized spacial score (nSPS) is 11.8. The van der Waals surface area contributed by atoms with Crippen molar-refractivity contribution < 1.29 is 14.6 Å². The number of aliphatic hydroxyl groups excluding tert-OH is 1. The molecule has 0 aliphatic carbocycles. The van der Waals surface area contributed by atoms with Gasteiger partial charge < -0.3 is 20.5 Å². The Hall–Kier alpha value is -1.75. The summed E-state index contributed by atoms with van der Waals surface area (Å²) >= 11 is 0. The summed E-state index contributed by atoms with van der Waals surface area (Å²) in [5.74, 6) is 0.795. The number of carbonyl (C=O) groups is 1. The Bertz CT molecular complexity index is 410. The first-order valence-electron chi connectivity index (χ1n) is 7.03. The van der Waals surface area contributed by atoms with Gasteiger partial charge in [-0.2, -0.15) is 0 Å². The SMILES string of the molecule is CCOc1ccccc1CNC(=O)NC(C)CCCO. The summed E-state index contributed by atoms with van der Waals surface area (Å²) in [6.07, 6.45) is 1.45. The number of aliphatic hydroxyl groups is 1. The van der Waals surface area contributed by atoms with E-state index in [9.17, 15) is 4.79 Å². The van der Waals surface area contributed by atoms with Gasteiger partial charge in [0.1, 0.15) is 5.75 Å². The van der Waals surface area contributed by atoms with Crippen molar-refractivity contribution >= 4 is 6.03 Å². The molecule has 112 valence electrons. The fraction of sp³-hybridized carbons (Fsp3) is 0.533. The number of carbonyl (C=O) groups excluding carboxylic acids is 1. The molecule has 0 saturated carbocycles. The first kappa shape index (κ1) is 16.3. The van der Waals surface area contributed by atoms with Gasteiger partial charge in [0.05, 0.1) is 6.61 Å². The van der Waals surface area contributed by atoms with Crippen LogP contribution in [0.1, 0.15) is 32.3 Å². The fourth-order valence-corrected chi connectivity index (χ4v) is 1.87. The molecule has 0 aliphatic heterocycles. The highest BCUT2D eigenvalue weighted by Crippen LogP contribution is 2.17. The van der Waals surface area contributed by atoms with Gasteiger partial charge in [-0.3, -0.25) is 0 Å². The molecule has 0 aliphatic rings. The fourth-order valence-electron chi connectivity index (χ4n) is 1.87. The standard InChI is InChI=1S/C15H24N2O3/c1-3-20-14-9-5-4-8-13(14)11-16-15(19)17-12(2)7-6-10-18/h4-5,8-9,12,18H,3,6-7,10-11H2,1-2H3,(H2,16,17,19).